The van der Waals surface area contributed by atoms with E-state index in [0.717, 1.165) is 10.1 Å². The first-order chi connectivity index (χ1) is 9.20. The van der Waals surface area contributed by atoms with Crippen LogP contribution in [-0.2, 0) is 6.54 Å². The number of anilines is 1. The molecule has 96 valence electrons. The van der Waals surface area contributed by atoms with E-state index in [2.05, 4.69) is 31.3 Å². The largest absolute Gasteiger partial charge is 0.349 e. The molecular weight excluding hydrogens is 328 g/mol. The predicted octanol–water partition coefficient (Wildman–Crippen LogP) is 3.76. The summed E-state index contributed by atoms with van der Waals surface area (Å²) in [4.78, 5) is 4.36. The second kappa shape index (κ2) is 5.19. The van der Waals surface area contributed by atoms with E-state index in [-0.39, 0.29) is 0 Å². The van der Waals surface area contributed by atoms with Gasteiger partial charge in [-0.3, -0.25) is 0 Å². The van der Waals surface area contributed by atoms with Crippen LogP contribution in [0.15, 0.2) is 47.1 Å². The summed E-state index contributed by atoms with van der Waals surface area (Å²) in [7, 11) is 0. The van der Waals surface area contributed by atoms with Crippen LogP contribution in [0.3, 0.4) is 0 Å². The Kier molecular flexibility index (Phi) is 3.40. The van der Waals surface area contributed by atoms with E-state index in [9.17, 15) is 0 Å². The lowest BCUT2D eigenvalue weighted by atomic mass is 10.2. The molecule has 0 saturated heterocycles. The van der Waals surface area contributed by atoms with Gasteiger partial charge in [-0.05, 0) is 29.8 Å². The average Bonchev–Trinajstić information content (AvgIpc) is 2.80. The summed E-state index contributed by atoms with van der Waals surface area (Å²) in [6.45, 7) is 0.678. The minimum atomic E-state index is 0.588. The number of rotatable bonds is 3. The quantitative estimate of drug-likeness (QED) is 0.791. The summed E-state index contributed by atoms with van der Waals surface area (Å²) in [6, 6.07) is 11.7. The molecule has 0 aliphatic carbocycles. The Labute approximate surface area is 123 Å². The molecule has 0 atom stereocenters. The fourth-order valence-electron chi connectivity index (χ4n) is 1.72. The van der Waals surface area contributed by atoms with Crippen molar-refractivity contribution in [2.75, 3.05) is 5.32 Å². The Morgan fingerprint density at radius 3 is 2.74 bits per heavy atom. The zero-order valence-electron chi connectivity index (χ0n) is 9.85. The first-order valence-electron chi connectivity index (χ1n) is 5.71. The molecule has 2 heterocycles. The van der Waals surface area contributed by atoms with Crippen LogP contribution in [0.4, 0.5) is 5.95 Å². The van der Waals surface area contributed by atoms with E-state index in [4.69, 9.17) is 11.6 Å². The minimum Gasteiger partial charge on any atom is -0.349 e. The van der Waals surface area contributed by atoms with Crippen LogP contribution in [0.5, 0.6) is 0 Å². The molecule has 6 heteroatoms. The normalized spacial score (nSPS) is 10.8. The van der Waals surface area contributed by atoms with Crippen molar-refractivity contribution < 1.29 is 0 Å². The number of nitrogens with zero attached hydrogens (tertiary/aromatic N) is 3. The van der Waals surface area contributed by atoms with Gasteiger partial charge in [-0.1, -0.05) is 39.7 Å². The molecule has 1 N–H and O–H groups in total. The molecule has 0 bridgehead atoms. The van der Waals surface area contributed by atoms with Crippen molar-refractivity contribution in [2.24, 2.45) is 0 Å². The summed E-state index contributed by atoms with van der Waals surface area (Å²) in [5, 5.41) is 8.13. The van der Waals surface area contributed by atoms with Gasteiger partial charge < -0.3 is 5.32 Å². The van der Waals surface area contributed by atoms with Gasteiger partial charge in [0.05, 0.1) is 5.02 Å². The third kappa shape index (κ3) is 2.88. The van der Waals surface area contributed by atoms with Gasteiger partial charge in [-0.2, -0.15) is 4.98 Å². The molecule has 19 heavy (non-hydrogen) atoms. The Morgan fingerprint density at radius 2 is 1.95 bits per heavy atom. The van der Waals surface area contributed by atoms with Gasteiger partial charge in [0, 0.05) is 17.2 Å². The lowest BCUT2D eigenvalue weighted by Crippen LogP contribution is -2.00. The maximum Gasteiger partial charge on any atom is 0.243 e. The molecule has 3 aromatic rings. The van der Waals surface area contributed by atoms with Gasteiger partial charge in [0.15, 0.2) is 5.65 Å². The maximum atomic E-state index is 5.90. The predicted molar refractivity (Wildman–Crippen MR) is 79.5 cm³/mol. The van der Waals surface area contributed by atoms with Crippen LogP contribution in [0.25, 0.3) is 5.65 Å². The Morgan fingerprint density at radius 1 is 1.16 bits per heavy atom. The molecule has 2 aromatic heterocycles. The van der Waals surface area contributed by atoms with Crippen molar-refractivity contribution >= 4 is 39.1 Å². The molecule has 3 rings (SSSR count). The Hall–Kier alpha value is -1.59. The first-order valence-corrected chi connectivity index (χ1v) is 6.88. The summed E-state index contributed by atoms with van der Waals surface area (Å²) < 4.78 is 2.73. The zero-order valence-corrected chi connectivity index (χ0v) is 12.2. The first kappa shape index (κ1) is 12.4. The molecule has 1 aromatic carbocycles. The fraction of sp³-hybridized carbons (Fsp3) is 0.0769. The van der Waals surface area contributed by atoms with E-state index in [1.165, 1.54) is 5.56 Å². The lowest BCUT2D eigenvalue weighted by molar-refractivity contribution is 0.950. The highest BCUT2D eigenvalue weighted by Crippen LogP contribution is 2.13. The topological polar surface area (TPSA) is 42.2 Å². The van der Waals surface area contributed by atoms with Crippen LogP contribution in [0, 0.1) is 0 Å². The summed E-state index contributed by atoms with van der Waals surface area (Å²) in [5.74, 6) is 0.588. The van der Waals surface area contributed by atoms with Crippen LogP contribution in [-0.4, -0.2) is 14.6 Å². The summed E-state index contributed by atoms with van der Waals surface area (Å²) in [5.41, 5.74) is 1.93. The van der Waals surface area contributed by atoms with Crippen molar-refractivity contribution in [3.63, 3.8) is 0 Å². The maximum absolute atomic E-state index is 5.90. The van der Waals surface area contributed by atoms with E-state index < -0.39 is 0 Å². The van der Waals surface area contributed by atoms with Crippen LogP contribution in [0.2, 0.25) is 5.02 Å². The fourth-order valence-corrected chi connectivity index (χ4v) is 2.14. The molecular formula is C13H10BrClN4. The number of hydrogen-bond acceptors (Lipinski definition) is 3. The second-order valence-corrected chi connectivity index (χ2v) is 5.42. The van der Waals surface area contributed by atoms with Crippen molar-refractivity contribution in [2.45, 2.75) is 6.54 Å². The van der Waals surface area contributed by atoms with Crippen molar-refractivity contribution in [3.05, 3.63) is 57.7 Å². The lowest BCUT2D eigenvalue weighted by Gasteiger charge is -2.01. The second-order valence-electron chi connectivity index (χ2n) is 4.07. The van der Waals surface area contributed by atoms with Crippen molar-refractivity contribution in [1.82, 2.24) is 14.6 Å². The van der Waals surface area contributed by atoms with E-state index >= 15 is 0 Å². The van der Waals surface area contributed by atoms with Crippen LogP contribution < -0.4 is 5.32 Å². The standard InChI is InChI=1S/C13H10BrClN4/c14-10-3-1-9(2-4-10)7-16-13-17-12-6-5-11(15)8-19(12)18-13/h1-6,8H,7H2,(H,16,18). The number of benzene rings is 1. The molecule has 0 aliphatic heterocycles. The summed E-state index contributed by atoms with van der Waals surface area (Å²) in [6.07, 6.45) is 1.73. The molecule has 4 nitrogen and oxygen atoms in total. The van der Waals surface area contributed by atoms with Gasteiger partial charge in [-0.15, -0.1) is 5.10 Å². The van der Waals surface area contributed by atoms with Gasteiger partial charge in [0.25, 0.3) is 0 Å². The van der Waals surface area contributed by atoms with E-state index in [1.54, 1.807) is 16.8 Å². The molecule has 0 fully saturated rings. The zero-order chi connectivity index (χ0) is 13.2. The average molecular weight is 338 g/mol. The number of aromatic nitrogens is 3. The Bertz CT molecular complexity index is 708. The van der Waals surface area contributed by atoms with Crippen molar-refractivity contribution in [3.8, 4) is 0 Å². The van der Waals surface area contributed by atoms with Gasteiger partial charge in [0.1, 0.15) is 0 Å². The molecule has 0 radical (unpaired) electrons. The third-order valence-electron chi connectivity index (χ3n) is 2.66. The summed E-state index contributed by atoms with van der Waals surface area (Å²) >= 11 is 9.31. The number of pyridine rings is 1. The highest BCUT2D eigenvalue weighted by molar-refractivity contribution is 9.10. The highest BCUT2D eigenvalue weighted by atomic mass is 79.9. The monoisotopic (exact) mass is 336 g/mol. The minimum absolute atomic E-state index is 0.588. The number of halogens is 2. The number of nitrogens with one attached hydrogen (secondary N) is 1. The molecule has 0 spiro atoms. The third-order valence-corrected chi connectivity index (χ3v) is 3.41. The van der Waals surface area contributed by atoms with E-state index in [1.807, 2.05) is 30.3 Å². The van der Waals surface area contributed by atoms with Crippen LogP contribution >= 0.6 is 27.5 Å². The molecule has 0 aliphatic rings. The van der Waals surface area contributed by atoms with Crippen molar-refractivity contribution in [1.29, 1.82) is 0 Å². The highest BCUT2D eigenvalue weighted by Gasteiger charge is 2.03. The smallest absolute Gasteiger partial charge is 0.243 e. The van der Waals surface area contributed by atoms with Gasteiger partial charge in [-0.25, -0.2) is 4.52 Å². The Balaban J connectivity index is 1.76. The van der Waals surface area contributed by atoms with Gasteiger partial charge in [0.2, 0.25) is 5.95 Å². The van der Waals surface area contributed by atoms with Gasteiger partial charge >= 0.3 is 0 Å². The van der Waals surface area contributed by atoms with E-state index in [0.29, 0.717) is 17.5 Å². The van der Waals surface area contributed by atoms with Crippen LogP contribution in [0.1, 0.15) is 5.56 Å². The number of hydrogen-bond donors (Lipinski definition) is 1. The number of fused-ring (bicyclic) bond motifs is 1. The SMILES string of the molecule is Clc1ccc2nc(NCc3ccc(Br)cc3)nn2c1. The molecule has 0 saturated carbocycles. The molecule has 0 unspecified atom stereocenters. The molecule has 0 amide bonds.